The van der Waals surface area contributed by atoms with Crippen LogP contribution in [0.15, 0.2) is 24.8 Å². The minimum Gasteiger partial charge on any atom is -0.368 e. The van der Waals surface area contributed by atoms with Crippen LogP contribution in [0.25, 0.3) is 0 Å². The van der Waals surface area contributed by atoms with Gasteiger partial charge in [-0.3, -0.25) is 0 Å². The molecule has 2 rings (SSSR count). The molecule has 2 heterocycles. The van der Waals surface area contributed by atoms with Gasteiger partial charge in [0.25, 0.3) is 0 Å². The van der Waals surface area contributed by atoms with E-state index >= 15 is 0 Å². The minimum atomic E-state index is -0.501. The summed E-state index contributed by atoms with van der Waals surface area (Å²) in [5, 5.41) is 0. The molecule has 0 aromatic carbocycles. The van der Waals surface area contributed by atoms with Crippen molar-refractivity contribution < 1.29 is 14.2 Å². The largest absolute Gasteiger partial charge is 0.368 e. The van der Waals surface area contributed by atoms with Crippen LogP contribution in [0.4, 0.5) is 0 Å². The van der Waals surface area contributed by atoms with Gasteiger partial charge in [0.2, 0.25) is 0 Å². The van der Waals surface area contributed by atoms with Gasteiger partial charge >= 0.3 is 0 Å². The van der Waals surface area contributed by atoms with Crippen molar-refractivity contribution in [2.45, 2.75) is 37.9 Å². The van der Waals surface area contributed by atoms with Crippen molar-refractivity contribution in [2.24, 2.45) is 0 Å². The van der Waals surface area contributed by atoms with Crippen LogP contribution in [0, 0.1) is 0 Å². The molecule has 0 aromatic rings. The average molecular weight is 196 g/mol. The number of ether oxygens (including phenoxy) is 3. The number of hydrogen-bond donors (Lipinski definition) is 0. The highest BCUT2D eigenvalue weighted by Gasteiger charge is 2.50. The van der Waals surface area contributed by atoms with Gasteiger partial charge in [0.05, 0.1) is 6.61 Å². The van der Waals surface area contributed by atoms with Crippen molar-refractivity contribution in [2.75, 3.05) is 6.61 Å². The first-order chi connectivity index (χ1) is 6.53. The fourth-order valence-corrected chi connectivity index (χ4v) is 1.98. The average Bonchev–Trinajstić information content (AvgIpc) is 2.58. The maximum Gasteiger partial charge on any atom is 0.164 e. The summed E-state index contributed by atoms with van der Waals surface area (Å²) in [6.07, 6.45) is 1.61. The first-order valence-electron chi connectivity index (χ1n) is 4.82. The van der Waals surface area contributed by atoms with Crippen molar-refractivity contribution in [3.05, 3.63) is 24.8 Å². The van der Waals surface area contributed by atoms with E-state index in [0.717, 1.165) is 5.57 Å². The molecule has 2 aliphatic heterocycles. The molecule has 0 N–H and O–H groups in total. The fraction of sp³-hybridized carbons (Fsp3) is 0.636. The predicted octanol–water partition coefficient (Wildman–Crippen LogP) is 1.65. The molecule has 2 aliphatic rings. The van der Waals surface area contributed by atoms with Gasteiger partial charge in [0.15, 0.2) is 5.79 Å². The van der Waals surface area contributed by atoms with Crippen LogP contribution in [0.2, 0.25) is 0 Å². The van der Waals surface area contributed by atoms with E-state index in [-0.39, 0.29) is 18.3 Å². The minimum absolute atomic E-state index is 0.0319. The molecule has 2 saturated heterocycles. The monoisotopic (exact) mass is 196 g/mol. The van der Waals surface area contributed by atoms with Crippen LogP contribution in [-0.4, -0.2) is 30.7 Å². The highest BCUT2D eigenvalue weighted by Crippen LogP contribution is 2.37. The van der Waals surface area contributed by atoms with Crippen molar-refractivity contribution in [3.8, 4) is 0 Å². The molecule has 3 atom stereocenters. The zero-order valence-electron chi connectivity index (χ0n) is 8.66. The van der Waals surface area contributed by atoms with Crippen molar-refractivity contribution in [3.63, 3.8) is 0 Å². The number of fused-ring (bicyclic) bond motifs is 1. The lowest BCUT2D eigenvalue weighted by atomic mass is 10.1. The van der Waals surface area contributed by atoms with E-state index < -0.39 is 5.79 Å². The normalized spacial score (nSPS) is 39.4. The Morgan fingerprint density at radius 3 is 2.79 bits per heavy atom. The first-order valence-corrected chi connectivity index (χ1v) is 4.82. The first kappa shape index (κ1) is 9.90. The zero-order valence-corrected chi connectivity index (χ0v) is 8.66. The molecule has 0 aromatic heterocycles. The summed E-state index contributed by atoms with van der Waals surface area (Å²) in [5.41, 5.74) is 0.860. The van der Waals surface area contributed by atoms with E-state index in [0.29, 0.717) is 6.61 Å². The van der Waals surface area contributed by atoms with E-state index in [2.05, 4.69) is 13.2 Å². The molecule has 0 unspecified atom stereocenters. The summed E-state index contributed by atoms with van der Waals surface area (Å²) in [6.45, 7) is 12.0. The van der Waals surface area contributed by atoms with Gasteiger partial charge in [-0.25, -0.2) is 0 Å². The Labute approximate surface area is 84.3 Å². The second kappa shape index (κ2) is 3.19. The molecule has 0 aliphatic carbocycles. The third-order valence-electron chi connectivity index (χ3n) is 2.59. The maximum atomic E-state index is 5.75. The van der Waals surface area contributed by atoms with E-state index in [4.69, 9.17) is 14.2 Å². The van der Waals surface area contributed by atoms with E-state index in [1.165, 1.54) is 0 Å². The topological polar surface area (TPSA) is 27.7 Å². The molecule has 0 bridgehead atoms. The molecule has 0 spiro atoms. The molecule has 14 heavy (non-hydrogen) atoms. The standard InChI is InChI=1S/C11H16O3/c1-5-7(2)9-10-8(6-12-9)13-11(3,4)14-10/h5,8-10H,1-2,6H2,3-4H3/t8-,9-,10-/m1/s1. The van der Waals surface area contributed by atoms with Crippen LogP contribution in [-0.2, 0) is 14.2 Å². The molecule has 0 amide bonds. The summed E-state index contributed by atoms with van der Waals surface area (Å²) >= 11 is 0. The van der Waals surface area contributed by atoms with Gasteiger partial charge in [-0.1, -0.05) is 19.2 Å². The van der Waals surface area contributed by atoms with Crippen LogP contribution >= 0.6 is 0 Å². The molecule has 0 saturated carbocycles. The second-order valence-electron chi connectivity index (χ2n) is 4.17. The fourth-order valence-electron chi connectivity index (χ4n) is 1.98. The molecule has 78 valence electrons. The van der Waals surface area contributed by atoms with Crippen LogP contribution in [0.5, 0.6) is 0 Å². The maximum absolute atomic E-state index is 5.75. The van der Waals surface area contributed by atoms with E-state index in [1.54, 1.807) is 6.08 Å². The molecule has 2 fully saturated rings. The third-order valence-corrected chi connectivity index (χ3v) is 2.59. The van der Waals surface area contributed by atoms with Crippen LogP contribution < -0.4 is 0 Å². The summed E-state index contributed by atoms with van der Waals surface area (Å²) in [6, 6.07) is 0. The number of rotatable bonds is 2. The van der Waals surface area contributed by atoms with Crippen molar-refractivity contribution in [1.82, 2.24) is 0 Å². The number of hydrogen-bond acceptors (Lipinski definition) is 3. The summed E-state index contributed by atoms with van der Waals surface area (Å²) in [4.78, 5) is 0. The molecular weight excluding hydrogens is 180 g/mol. The molecular formula is C11H16O3. The van der Waals surface area contributed by atoms with Gasteiger partial charge in [-0.05, 0) is 19.4 Å². The van der Waals surface area contributed by atoms with Gasteiger partial charge in [-0.2, -0.15) is 0 Å². The third kappa shape index (κ3) is 1.52. The quantitative estimate of drug-likeness (QED) is 0.628. The Bertz CT molecular complexity index is 270. The summed E-state index contributed by atoms with van der Waals surface area (Å²) in [5.74, 6) is -0.501. The Morgan fingerprint density at radius 1 is 1.43 bits per heavy atom. The summed E-state index contributed by atoms with van der Waals surface area (Å²) < 4.78 is 17.0. The Hall–Kier alpha value is -0.640. The smallest absolute Gasteiger partial charge is 0.164 e. The lowest BCUT2D eigenvalue weighted by Crippen LogP contribution is -2.30. The van der Waals surface area contributed by atoms with Gasteiger partial charge < -0.3 is 14.2 Å². The molecule has 0 radical (unpaired) electrons. The SMILES string of the molecule is C=CC(=C)[C@H]1OC[C@H]2OC(C)(C)O[C@@H]12. The van der Waals surface area contributed by atoms with E-state index in [9.17, 15) is 0 Å². The van der Waals surface area contributed by atoms with Crippen LogP contribution in [0.1, 0.15) is 13.8 Å². The van der Waals surface area contributed by atoms with E-state index in [1.807, 2.05) is 13.8 Å². The molecule has 3 nitrogen and oxygen atoms in total. The predicted molar refractivity (Wildman–Crippen MR) is 52.9 cm³/mol. The van der Waals surface area contributed by atoms with Gasteiger partial charge in [0.1, 0.15) is 18.3 Å². The van der Waals surface area contributed by atoms with Crippen molar-refractivity contribution >= 4 is 0 Å². The van der Waals surface area contributed by atoms with Gasteiger partial charge in [0, 0.05) is 0 Å². The highest BCUT2D eigenvalue weighted by molar-refractivity contribution is 5.21. The molecule has 3 heteroatoms. The summed E-state index contributed by atoms with van der Waals surface area (Å²) in [7, 11) is 0. The van der Waals surface area contributed by atoms with Crippen LogP contribution in [0.3, 0.4) is 0 Å². The van der Waals surface area contributed by atoms with Gasteiger partial charge in [-0.15, -0.1) is 0 Å². The highest BCUT2D eigenvalue weighted by atomic mass is 16.8. The Kier molecular flexibility index (Phi) is 2.26. The lowest BCUT2D eigenvalue weighted by molar-refractivity contribution is -0.171. The lowest BCUT2D eigenvalue weighted by Gasteiger charge is -2.21. The Morgan fingerprint density at radius 2 is 2.14 bits per heavy atom. The van der Waals surface area contributed by atoms with Crippen molar-refractivity contribution in [1.29, 1.82) is 0 Å². The second-order valence-corrected chi connectivity index (χ2v) is 4.17. The Balaban J connectivity index is 2.12. The zero-order chi connectivity index (χ0) is 10.3.